The fourth-order valence-electron chi connectivity index (χ4n) is 1.99. The third-order valence-electron chi connectivity index (χ3n) is 2.91. The Morgan fingerprint density at radius 3 is 2.52 bits per heavy atom. The highest BCUT2D eigenvalue weighted by atomic mass is 35.5. The molecule has 0 unspecified atom stereocenters. The zero-order valence-electron chi connectivity index (χ0n) is 11.3. The van der Waals surface area contributed by atoms with Crippen molar-refractivity contribution in [2.45, 2.75) is 0 Å². The first-order valence-corrected chi connectivity index (χ1v) is 7.01. The number of ether oxygens (including phenoxy) is 1. The monoisotopic (exact) mass is 351 g/mol. The highest BCUT2D eigenvalue weighted by Gasteiger charge is 2.25. The lowest BCUT2D eigenvalue weighted by molar-refractivity contribution is -0.387. The molecule has 0 fully saturated rings. The van der Waals surface area contributed by atoms with Crippen LogP contribution in [0.3, 0.4) is 0 Å². The number of halogens is 2. The molecular weight excluding hydrogens is 345 g/mol. The molecule has 0 spiro atoms. The Balaban J connectivity index is 2.21. The van der Waals surface area contributed by atoms with Gasteiger partial charge in [-0.05, 0) is 30.3 Å². The molecule has 3 aromatic rings. The smallest absolute Gasteiger partial charge is 0.396 e. The molecule has 116 valence electrons. The Morgan fingerprint density at radius 2 is 1.87 bits per heavy atom. The molecule has 9 heteroatoms. The van der Waals surface area contributed by atoms with E-state index in [0.717, 1.165) is 4.40 Å². The predicted molar refractivity (Wildman–Crippen MR) is 84.7 cm³/mol. The van der Waals surface area contributed by atoms with Crippen LogP contribution in [0.25, 0.3) is 5.65 Å². The first-order valence-electron chi connectivity index (χ1n) is 6.25. The third kappa shape index (κ3) is 2.96. The Bertz CT molecular complexity index is 967. The van der Waals surface area contributed by atoms with Gasteiger partial charge in [-0.15, -0.1) is 0 Å². The van der Waals surface area contributed by atoms with Crippen molar-refractivity contribution in [3.05, 3.63) is 73.1 Å². The normalized spacial score (nSPS) is 10.7. The van der Waals surface area contributed by atoms with Crippen molar-refractivity contribution in [3.8, 4) is 11.6 Å². The summed E-state index contributed by atoms with van der Waals surface area (Å²) in [6.07, 6.45) is 1.39. The second-order valence-corrected chi connectivity index (χ2v) is 5.34. The van der Waals surface area contributed by atoms with E-state index in [4.69, 9.17) is 27.9 Å². The molecule has 0 bridgehead atoms. The molecule has 23 heavy (non-hydrogen) atoms. The third-order valence-corrected chi connectivity index (χ3v) is 3.35. The minimum atomic E-state index is -0.844. The lowest BCUT2D eigenvalue weighted by atomic mass is 10.3. The van der Waals surface area contributed by atoms with Gasteiger partial charge in [0.2, 0.25) is 0 Å². The van der Waals surface area contributed by atoms with E-state index in [1.807, 2.05) is 0 Å². The van der Waals surface area contributed by atoms with Gasteiger partial charge in [0, 0.05) is 16.2 Å². The minimum Gasteiger partial charge on any atom is -0.433 e. The molecule has 1 aromatic carbocycles. The average Bonchev–Trinajstić information content (AvgIpc) is 2.46. The number of hydrogen-bond donors (Lipinski definition) is 0. The zero-order chi connectivity index (χ0) is 16.6. The molecule has 0 atom stereocenters. The quantitative estimate of drug-likeness (QED) is 0.530. The van der Waals surface area contributed by atoms with Crippen molar-refractivity contribution in [2.75, 3.05) is 0 Å². The van der Waals surface area contributed by atoms with Crippen LogP contribution in [0.15, 0.2) is 47.4 Å². The van der Waals surface area contributed by atoms with E-state index in [-0.39, 0.29) is 21.4 Å². The Labute approximate surface area is 138 Å². The highest BCUT2D eigenvalue weighted by molar-refractivity contribution is 6.34. The van der Waals surface area contributed by atoms with Crippen LogP contribution in [0.1, 0.15) is 0 Å². The first-order chi connectivity index (χ1) is 11.0. The van der Waals surface area contributed by atoms with Gasteiger partial charge < -0.3 is 4.74 Å². The number of pyridine rings is 1. The van der Waals surface area contributed by atoms with Crippen LogP contribution in [0.4, 0.5) is 5.69 Å². The van der Waals surface area contributed by atoms with Gasteiger partial charge in [0.25, 0.3) is 0 Å². The fraction of sp³-hybridized carbons (Fsp3) is 0. The van der Waals surface area contributed by atoms with Crippen molar-refractivity contribution in [1.82, 2.24) is 9.38 Å². The average molecular weight is 352 g/mol. The van der Waals surface area contributed by atoms with Crippen molar-refractivity contribution < 1.29 is 9.66 Å². The van der Waals surface area contributed by atoms with Crippen molar-refractivity contribution >= 4 is 34.5 Å². The van der Waals surface area contributed by atoms with Crippen molar-refractivity contribution in [3.63, 3.8) is 0 Å². The molecule has 0 radical (unpaired) electrons. The molecule has 3 rings (SSSR count). The van der Waals surface area contributed by atoms with Crippen LogP contribution < -0.4 is 10.3 Å². The van der Waals surface area contributed by atoms with Crippen LogP contribution in [-0.4, -0.2) is 14.3 Å². The number of nitro groups is 1. The molecule has 0 aliphatic carbocycles. The zero-order valence-corrected chi connectivity index (χ0v) is 12.8. The van der Waals surface area contributed by atoms with Gasteiger partial charge in [-0.25, -0.2) is 0 Å². The molecular formula is C14H7Cl2N3O4. The number of hydrogen-bond acceptors (Lipinski definition) is 5. The largest absolute Gasteiger partial charge is 0.433 e. The fourth-order valence-corrected chi connectivity index (χ4v) is 2.49. The van der Waals surface area contributed by atoms with E-state index in [1.54, 1.807) is 12.1 Å². The van der Waals surface area contributed by atoms with E-state index >= 15 is 0 Å². The van der Waals surface area contributed by atoms with Gasteiger partial charge in [-0.1, -0.05) is 29.3 Å². The van der Waals surface area contributed by atoms with Gasteiger partial charge >= 0.3 is 17.1 Å². The molecule has 0 N–H and O–H groups in total. The second-order valence-electron chi connectivity index (χ2n) is 4.46. The summed E-state index contributed by atoms with van der Waals surface area (Å²) in [5.74, 6) is -0.290. The topological polar surface area (TPSA) is 86.7 Å². The summed E-state index contributed by atoms with van der Waals surface area (Å²) in [4.78, 5) is 26.7. The summed E-state index contributed by atoms with van der Waals surface area (Å²) in [5.41, 5.74) is -1.40. The molecule has 0 saturated heterocycles. The lowest BCUT2D eigenvalue weighted by Gasteiger charge is -2.07. The van der Waals surface area contributed by atoms with E-state index in [9.17, 15) is 14.9 Å². The molecule has 0 aliphatic rings. The van der Waals surface area contributed by atoms with Gasteiger partial charge in [0.1, 0.15) is 11.4 Å². The summed E-state index contributed by atoms with van der Waals surface area (Å²) < 4.78 is 6.45. The second kappa shape index (κ2) is 5.86. The van der Waals surface area contributed by atoms with Crippen molar-refractivity contribution in [2.24, 2.45) is 0 Å². The molecule has 0 aliphatic heterocycles. The summed E-state index contributed by atoms with van der Waals surface area (Å²) in [6.45, 7) is 0. The van der Waals surface area contributed by atoms with Crippen LogP contribution >= 0.6 is 23.2 Å². The van der Waals surface area contributed by atoms with Crippen LogP contribution in [0.5, 0.6) is 11.6 Å². The Hall–Kier alpha value is -2.64. The van der Waals surface area contributed by atoms with Crippen LogP contribution in [-0.2, 0) is 0 Å². The number of benzene rings is 1. The van der Waals surface area contributed by atoms with E-state index in [1.165, 1.54) is 30.5 Å². The maximum absolute atomic E-state index is 12.3. The number of nitrogens with zero attached hydrogens (tertiary/aromatic N) is 3. The summed E-state index contributed by atoms with van der Waals surface area (Å²) in [5, 5.41) is 11.8. The van der Waals surface area contributed by atoms with Gasteiger partial charge in [-0.3, -0.25) is 19.3 Å². The maximum atomic E-state index is 12.3. The number of aromatic nitrogens is 2. The predicted octanol–water partition coefficient (Wildman–Crippen LogP) is 3.70. The van der Waals surface area contributed by atoms with E-state index in [2.05, 4.69) is 4.98 Å². The molecule has 7 nitrogen and oxygen atoms in total. The molecule has 0 saturated carbocycles. The summed E-state index contributed by atoms with van der Waals surface area (Å²) in [6, 6.07) is 9.04. The highest BCUT2D eigenvalue weighted by Crippen LogP contribution is 2.30. The maximum Gasteiger partial charge on any atom is 0.396 e. The van der Waals surface area contributed by atoms with E-state index < -0.39 is 22.0 Å². The lowest BCUT2D eigenvalue weighted by Crippen LogP contribution is -2.19. The van der Waals surface area contributed by atoms with E-state index in [0.29, 0.717) is 0 Å². The number of fused-ring (bicyclic) bond motifs is 1. The van der Waals surface area contributed by atoms with Gasteiger partial charge in [-0.2, -0.15) is 4.98 Å². The Morgan fingerprint density at radius 1 is 1.17 bits per heavy atom. The van der Waals surface area contributed by atoms with Crippen molar-refractivity contribution in [1.29, 1.82) is 0 Å². The van der Waals surface area contributed by atoms with Gasteiger partial charge in [0.15, 0.2) is 0 Å². The van der Waals surface area contributed by atoms with Gasteiger partial charge in [0.05, 0.1) is 4.92 Å². The minimum absolute atomic E-state index is 0.137. The molecule has 2 heterocycles. The summed E-state index contributed by atoms with van der Waals surface area (Å²) in [7, 11) is 0. The summed E-state index contributed by atoms with van der Waals surface area (Å²) >= 11 is 11.7. The standard InChI is InChI=1S/C14H7Cl2N3O4/c15-8-5-9(16)7-10(6-8)23-13-12(19(21)22)14(20)18-4-2-1-3-11(18)17-13/h1-7H. The van der Waals surface area contributed by atoms with Crippen LogP contribution in [0.2, 0.25) is 10.0 Å². The first kappa shape index (κ1) is 15.3. The van der Waals surface area contributed by atoms with Crippen LogP contribution in [0, 0.1) is 10.1 Å². The molecule has 0 amide bonds. The Kier molecular flexibility index (Phi) is 3.89. The molecule has 2 aromatic heterocycles. The SMILES string of the molecule is O=c1c([N+](=O)[O-])c(Oc2cc(Cl)cc(Cl)c2)nc2ccccn12. The number of rotatable bonds is 3.